The molecule has 0 aromatic heterocycles. The molecule has 6 nitrogen and oxygen atoms in total. The molecular weight excluding hydrogens is 503 g/mol. The zero-order valence-corrected chi connectivity index (χ0v) is 21.6. The van der Waals surface area contributed by atoms with Crippen molar-refractivity contribution in [2.75, 3.05) is 32.5 Å². The number of benzene rings is 2. The Morgan fingerprint density at radius 3 is 2.45 bits per heavy atom. The molecule has 2 aromatic carbocycles. The first-order chi connectivity index (χ1) is 15.8. The topological polar surface area (TPSA) is 75.7 Å². The number of methoxy groups -OCH3 is 1. The van der Waals surface area contributed by atoms with E-state index in [1.165, 1.54) is 23.5 Å². The summed E-state index contributed by atoms with van der Waals surface area (Å²) in [5.41, 5.74) is 1.26. The van der Waals surface area contributed by atoms with Gasteiger partial charge in [0.2, 0.25) is 10.0 Å². The number of thioether (sulfide) groups is 1. The van der Waals surface area contributed by atoms with Gasteiger partial charge in [-0.3, -0.25) is 4.79 Å². The molecule has 0 spiro atoms. The molecular formula is C23H28Cl2N2O4S2. The quantitative estimate of drug-likeness (QED) is 0.449. The van der Waals surface area contributed by atoms with Crippen molar-refractivity contribution in [2.45, 2.75) is 36.3 Å². The van der Waals surface area contributed by atoms with Crippen molar-refractivity contribution in [3.63, 3.8) is 0 Å². The van der Waals surface area contributed by atoms with Crippen molar-refractivity contribution in [3.8, 4) is 5.75 Å². The number of hydrogen-bond acceptors (Lipinski definition) is 5. The minimum absolute atomic E-state index is 0.115. The van der Waals surface area contributed by atoms with Crippen LogP contribution in [0.4, 0.5) is 0 Å². The van der Waals surface area contributed by atoms with Crippen LogP contribution in [0.1, 0.15) is 41.6 Å². The van der Waals surface area contributed by atoms with Gasteiger partial charge in [-0.1, -0.05) is 42.1 Å². The third-order valence-corrected chi connectivity index (χ3v) is 9.07. The molecule has 1 saturated heterocycles. The zero-order valence-electron chi connectivity index (χ0n) is 18.5. The highest BCUT2D eigenvalue weighted by molar-refractivity contribution is 7.98. The lowest BCUT2D eigenvalue weighted by Gasteiger charge is -2.20. The molecule has 0 aliphatic carbocycles. The van der Waals surface area contributed by atoms with Crippen LogP contribution in [0.5, 0.6) is 5.75 Å². The highest BCUT2D eigenvalue weighted by Crippen LogP contribution is 2.27. The van der Waals surface area contributed by atoms with Crippen molar-refractivity contribution in [2.24, 2.45) is 0 Å². The van der Waals surface area contributed by atoms with Gasteiger partial charge in [-0.25, -0.2) is 8.42 Å². The summed E-state index contributed by atoms with van der Waals surface area (Å²) < 4.78 is 33.1. The lowest BCUT2D eigenvalue weighted by atomic mass is 10.2. The van der Waals surface area contributed by atoms with Crippen LogP contribution in [-0.4, -0.2) is 51.1 Å². The Labute approximate surface area is 210 Å². The highest BCUT2D eigenvalue weighted by Gasteiger charge is 2.27. The van der Waals surface area contributed by atoms with E-state index < -0.39 is 10.0 Å². The van der Waals surface area contributed by atoms with Gasteiger partial charge >= 0.3 is 0 Å². The van der Waals surface area contributed by atoms with E-state index in [4.69, 9.17) is 27.9 Å². The number of nitrogens with zero attached hydrogens (tertiary/aromatic N) is 1. The molecule has 3 rings (SSSR count). The largest absolute Gasteiger partial charge is 0.496 e. The fourth-order valence-corrected chi connectivity index (χ4v) is 6.28. The number of amides is 1. The second-order valence-corrected chi connectivity index (χ2v) is 11.6. The number of sulfonamides is 1. The van der Waals surface area contributed by atoms with Gasteiger partial charge in [0.15, 0.2) is 0 Å². The van der Waals surface area contributed by atoms with Crippen LogP contribution in [0.2, 0.25) is 10.0 Å². The molecule has 1 aliphatic heterocycles. The normalized spacial score (nSPS) is 15.1. The van der Waals surface area contributed by atoms with Crippen LogP contribution in [-0.2, 0) is 15.8 Å². The number of carbonyl (C=O) groups excluding carboxylic acids is 1. The number of carbonyl (C=O) groups is 1. The first-order valence-electron chi connectivity index (χ1n) is 10.8. The fourth-order valence-electron chi connectivity index (χ4n) is 3.61. The van der Waals surface area contributed by atoms with E-state index in [0.717, 1.165) is 37.0 Å². The Balaban J connectivity index is 1.61. The van der Waals surface area contributed by atoms with Crippen LogP contribution < -0.4 is 10.1 Å². The summed E-state index contributed by atoms with van der Waals surface area (Å²) in [4.78, 5) is 12.9. The van der Waals surface area contributed by atoms with Crippen molar-refractivity contribution in [1.29, 1.82) is 0 Å². The Morgan fingerprint density at radius 1 is 1.06 bits per heavy atom. The van der Waals surface area contributed by atoms with Crippen molar-refractivity contribution in [1.82, 2.24) is 9.62 Å². The first-order valence-corrected chi connectivity index (χ1v) is 14.2. The van der Waals surface area contributed by atoms with Crippen LogP contribution >= 0.6 is 35.0 Å². The molecule has 0 atom stereocenters. The number of hydrogen-bond donors (Lipinski definition) is 1. The Hall–Kier alpha value is -1.45. The summed E-state index contributed by atoms with van der Waals surface area (Å²) in [6.45, 7) is 1.44. The number of nitrogens with one attached hydrogen (secondary N) is 1. The second-order valence-electron chi connectivity index (χ2n) is 7.74. The number of ether oxygens (including phenoxy) is 1. The standard InChI is InChI=1S/C23H28Cl2N2O4S2/c1-31-22-9-7-18(33(29,30)27-11-4-2-3-5-12-27)15-19(22)23(28)26-10-13-32-16-17-6-8-20(24)21(25)14-17/h6-9,14-15H,2-5,10-13,16H2,1H3,(H,26,28). The van der Waals surface area contributed by atoms with Gasteiger partial charge in [-0.15, -0.1) is 0 Å². The lowest BCUT2D eigenvalue weighted by molar-refractivity contribution is 0.0953. The molecule has 0 unspecified atom stereocenters. The van der Waals surface area contributed by atoms with Crippen LogP contribution in [0, 0.1) is 0 Å². The molecule has 10 heteroatoms. The van der Waals surface area contributed by atoms with E-state index >= 15 is 0 Å². The summed E-state index contributed by atoms with van der Waals surface area (Å²) in [5, 5.41) is 3.89. The Bertz CT molecular complexity index is 1070. The number of rotatable bonds is 9. The average molecular weight is 532 g/mol. The molecule has 0 saturated carbocycles. The van der Waals surface area contributed by atoms with E-state index in [-0.39, 0.29) is 16.4 Å². The predicted octanol–water partition coefficient (Wildman–Crippen LogP) is 5.23. The van der Waals surface area contributed by atoms with Gasteiger partial charge in [0, 0.05) is 31.1 Å². The van der Waals surface area contributed by atoms with Crippen LogP contribution in [0.15, 0.2) is 41.3 Å². The summed E-state index contributed by atoms with van der Waals surface area (Å²) in [6.07, 6.45) is 3.77. The summed E-state index contributed by atoms with van der Waals surface area (Å²) in [7, 11) is -2.20. The van der Waals surface area contributed by atoms with Gasteiger partial charge < -0.3 is 10.1 Å². The smallest absolute Gasteiger partial charge is 0.255 e. The monoisotopic (exact) mass is 530 g/mol. The van der Waals surface area contributed by atoms with Crippen molar-refractivity contribution < 1.29 is 17.9 Å². The SMILES string of the molecule is COc1ccc(S(=O)(=O)N2CCCCCC2)cc1C(=O)NCCSCc1ccc(Cl)c(Cl)c1. The minimum atomic E-state index is -3.66. The van der Waals surface area contributed by atoms with Gasteiger partial charge in [0.05, 0.1) is 27.6 Å². The van der Waals surface area contributed by atoms with Crippen molar-refractivity contribution in [3.05, 3.63) is 57.6 Å². The molecule has 1 fully saturated rings. The highest BCUT2D eigenvalue weighted by atomic mass is 35.5. The average Bonchev–Trinajstić information content (AvgIpc) is 3.11. The van der Waals surface area contributed by atoms with Gasteiger partial charge in [-0.2, -0.15) is 16.1 Å². The molecule has 2 aromatic rings. The van der Waals surface area contributed by atoms with E-state index in [1.54, 1.807) is 23.9 Å². The maximum absolute atomic E-state index is 13.1. The van der Waals surface area contributed by atoms with E-state index in [0.29, 0.717) is 41.2 Å². The third-order valence-electron chi connectivity index (χ3n) is 5.40. The molecule has 1 amide bonds. The van der Waals surface area contributed by atoms with E-state index in [2.05, 4.69) is 5.32 Å². The Kier molecular flexibility index (Phi) is 9.76. The fraction of sp³-hybridized carbons (Fsp3) is 0.435. The lowest BCUT2D eigenvalue weighted by Crippen LogP contribution is -2.32. The zero-order chi connectivity index (χ0) is 23.8. The molecule has 1 aliphatic rings. The van der Waals surface area contributed by atoms with E-state index in [1.807, 2.05) is 12.1 Å². The molecule has 1 heterocycles. The van der Waals surface area contributed by atoms with Crippen LogP contribution in [0.3, 0.4) is 0 Å². The maximum atomic E-state index is 13.1. The maximum Gasteiger partial charge on any atom is 0.255 e. The van der Waals surface area contributed by atoms with Gasteiger partial charge in [0.25, 0.3) is 5.91 Å². The number of halogens is 2. The first kappa shape index (κ1) is 26.2. The predicted molar refractivity (Wildman–Crippen MR) is 135 cm³/mol. The van der Waals surface area contributed by atoms with Crippen LogP contribution in [0.25, 0.3) is 0 Å². The van der Waals surface area contributed by atoms with Gasteiger partial charge in [0.1, 0.15) is 5.75 Å². The van der Waals surface area contributed by atoms with Gasteiger partial charge in [-0.05, 0) is 48.7 Å². The minimum Gasteiger partial charge on any atom is -0.496 e. The molecule has 33 heavy (non-hydrogen) atoms. The summed E-state index contributed by atoms with van der Waals surface area (Å²) in [6, 6.07) is 9.97. The summed E-state index contributed by atoms with van der Waals surface area (Å²) in [5.74, 6) is 1.39. The Morgan fingerprint density at radius 2 is 1.79 bits per heavy atom. The third kappa shape index (κ3) is 7.02. The molecule has 0 radical (unpaired) electrons. The second kappa shape index (κ2) is 12.3. The molecule has 1 N–H and O–H groups in total. The summed E-state index contributed by atoms with van der Waals surface area (Å²) >= 11 is 13.6. The van der Waals surface area contributed by atoms with E-state index in [9.17, 15) is 13.2 Å². The van der Waals surface area contributed by atoms with Crippen molar-refractivity contribution >= 4 is 50.9 Å². The molecule has 180 valence electrons. The molecule has 0 bridgehead atoms.